The number of hydrogen-bond donors (Lipinski definition) is 0. The molecule has 0 amide bonds. The van der Waals surface area contributed by atoms with Crippen LogP contribution in [-0.2, 0) is 30.1 Å². The predicted molar refractivity (Wildman–Crippen MR) is 126 cm³/mol. The van der Waals surface area contributed by atoms with Crippen LogP contribution >= 0.6 is 0 Å². The van der Waals surface area contributed by atoms with Gasteiger partial charge < -0.3 is 9.13 Å². The van der Waals surface area contributed by atoms with E-state index in [-0.39, 0.29) is 27.7 Å². The summed E-state index contributed by atoms with van der Waals surface area (Å²) in [4.78, 5) is 12.5. The molecule has 7 nitrogen and oxygen atoms in total. The number of imidazole rings is 1. The molecule has 4 aromatic heterocycles. The molecule has 180 valence electrons. The van der Waals surface area contributed by atoms with Crippen molar-refractivity contribution in [2.45, 2.75) is 18.0 Å². The number of hydrogen-bond acceptors (Lipinski definition) is 5. The first-order chi connectivity index (χ1) is 16.5. The van der Waals surface area contributed by atoms with Crippen molar-refractivity contribution in [3.8, 4) is 22.8 Å². The zero-order chi connectivity index (χ0) is 25.1. The SMILES string of the molecule is CCS(=O)(=O)c1ccc(-c2cn(C)c3ccccc23)nc1-c1nc2cc(C(F)(F)F)ncc2n1C. The number of alkyl halides is 3. The van der Waals surface area contributed by atoms with Gasteiger partial charge in [0.1, 0.15) is 11.4 Å². The minimum absolute atomic E-state index is 0.0357. The smallest absolute Gasteiger partial charge is 0.350 e. The van der Waals surface area contributed by atoms with Crippen LogP contribution < -0.4 is 0 Å². The molecule has 0 atom stereocenters. The minimum atomic E-state index is -4.63. The number of fused-ring (bicyclic) bond motifs is 2. The summed E-state index contributed by atoms with van der Waals surface area (Å²) in [6, 6.07) is 11.7. The van der Waals surface area contributed by atoms with Crippen molar-refractivity contribution in [3.63, 3.8) is 0 Å². The number of rotatable bonds is 4. The first-order valence-corrected chi connectivity index (χ1v) is 12.3. The van der Waals surface area contributed by atoms with Crippen LogP contribution in [0.2, 0.25) is 0 Å². The molecule has 0 N–H and O–H groups in total. The molecule has 0 unspecified atom stereocenters. The third kappa shape index (κ3) is 3.75. The van der Waals surface area contributed by atoms with Crippen LogP contribution in [-0.4, -0.2) is 38.3 Å². The molecular formula is C24H20F3N5O2S. The summed E-state index contributed by atoms with van der Waals surface area (Å²) in [5.41, 5.74) is 1.66. The monoisotopic (exact) mass is 499 g/mol. The van der Waals surface area contributed by atoms with Crippen LogP contribution in [0.1, 0.15) is 12.6 Å². The number of halogens is 3. The van der Waals surface area contributed by atoms with Gasteiger partial charge >= 0.3 is 6.18 Å². The van der Waals surface area contributed by atoms with Gasteiger partial charge in [-0.2, -0.15) is 13.2 Å². The molecule has 0 aliphatic heterocycles. The molecule has 0 radical (unpaired) electrons. The van der Waals surface area contributed by atoms with Crippen LogP contribution in [0.15, 0.2) is 59.8 Å². The van der Waals surface area contributed by atoms with Crippen LogP contribution in [0.4, 0.5) is 13.2 Å². The van der Waals surface area contributed by atoms with Crippen molar-refractivity contribution in [2.24, 2.45) is 14.1 Å². The largest absolute Gasteiger partial charge is 0.433 e. The Labute approximate surface area is 198 Å². The van der Waals surface area contributed by atoms with Gasteiger partial charge in [-0.15, -0.1) is 0 Å². The second-order valence-corrected chi connectivity index (χ2v) is 10.4. The fourth-order valence-corrected chi connectivity index (χ4v) is 5.18. The van der Waals surface area contributed by atoms with Gasteiger partial charge in [0, 0.05) is 36.8 Å². The van der Waals surface area contributed by atoms with E-state index in [1.165, 1.54) is 17.6 Å². The molecule has 5 aromatic rings. The zero-order valence-electron chi connectivity index (χ0n) is 19.0. The van der Waals surface area contributed by atoms with Gasteiger partial charge in [-0.3, -0.25) is 0 Å². The first-order valence-electron chi connectivity index (χ1n) is 10.7. The highest BCUT2D eigenvalue weighted by Gasteiger charge is 2.33. The lowest BCUT2D eigenvalue weighted by Gasteiger charge is -2.11. The van der Waals surface area contributed by atoms with Crippen molar-refractivity contribution in [1.82, 2.24) is 24.1 Å². The van der Waals surface area contributed by atoms with Gasteiger partial charge in [-0.25, -0.2) is 23.4 Å². The Balaban J connectivity index is 1.79. The van der Waals surface area contributed by atoms with Crippen molar-refractivity contribution in [2.75, 3.05) is 5.75 Å². The lowest BCUT2D eigenvalue weighted by atomic mass is 10.1. The maximum atomic E-state index is 13.2. The Kier molecular flexibility index (Phi) is 5.20. The van der Waals surface area contributed by atoms with Gasteiger partial charge in [0.15, 0.2) is 15.7 Å². The van der Waals surface area contributed by atoms with E-state index in [1.807, 2.05) is 42.1 Å². The Morgan fingerprint density at radius 3 is 2.46 bits per heavy atom. The van der Waals surface area contributed by atoms with E-state index in [9.17, 15) is 21.6 Å². The molecule has 0 spiro atoms. The number of aryl methyl sites for hydroxylation is 2. The molecule has 0 aliphatic carbocycles. The molecule has 4 heterocycles. The van der Waals surface area contributed by atoms with Crippen LogP contribution in [0.25, 0.3) is 44.7 Å². The van der Waals surface area contributed by atoms with Crippen LogP contribution in [0, 0.1) is 0 Å². The molecule has 35 heavy (non-hydrogen) atoms. The average molecular weight is 500 g/mol. The van der Waals surface area contributed by atoms with E-state index in [2.05, 4.69) is 9.97 Å². The maximum absolute atomic E-state index is 13.2. The van der Waals surface area contributed by atoms with E-state index in [1.54, 1.807) is 13.1 Å². The van der Waals surface area contributed by atoms with E-state index >= 15 is 0 Å². The van der Waals surface area contributed by atoms with E-state index in [4.69, 9.17) is 4.98 Å². The number of para-hydroxylation sites is 1. The fraction of sp³-hybridized carbons (Fsp3) is 0.208. The van der Waals surface area contributed by atoms with Crippen molar-refractivity contribution >= 4 is 31.8 Å². The third-order valence-corrected chi connectivity index (χ3v) is 7.78. The third-order valence-electron chi connectivity index (χ3n) is 6.02. The molecule has 0 bridgehead atoms. The normalized spacial score (nSPS) is 12.6. The zero-order valence-corrected chi connectivity index (χ0v) is 19.8. The molecule has 0 fully saturated rings. The molecular weight excluding hydrogens is 479 g/mol. The molecule has 0 saturated heterocycles. The van der Waals surface area contributed by atoms with Crippen molar-refractivity contribution < 1.29 is 21.6 Å². The number of benzene rings is 1. The highest BCUT2D eigenvalue weighted by molar-refractivity contribution is 7.91. The van der Waals surface area contributed by atoms with E-state index in [0.29, 0.717) is 11.2 Å². The molecule has 5 rings (SSSR count). The highest BCUT2D eigenvalue weighted by Crippen LogP contribution is 2.35. The van der Waals surface area contributed by atoms with Crippen molar-refractivity contribution in [1.29, 1.82) is 0 Å². The lowest BCUT2D eigenvalue weighted by molar-refractivity contribution is -0.141. The number of pyridine rings is 2. The summed E-state index contributed by atoms with van der Waals surface area (Å²) in [6.45, 7) is 1.52. The Morgan fingerprint density at radius 1 is 1.00 bits per heavy atom. The lowest BCUT2D eigenvalue weighted by Crippen LogP contribution is -2.09. The molecule has 1 aromatic carbocycles. The Morgan fingerprint density at radius 2 is 1.74 bits per heavy atom. The number of aromatic nitrogens is 5. The van der Waals surface area contributed by atoms with Gasteiger partial charge in [0.2, 0.25) is 0 Å². The van der Waals surface area contributed by atoms with Gasteiger partial charge in [0.05, 0.1) is 33.6 Å². The second-order valence-electron chi connectivity index (χ2n) is 8.17. The summed E-state index contributed by atoms with van der Waals surface area (Å²) in [5, 5.41) is 0.934. The van der Waals surface area contributed by atoms with Gasteiger partial charge in [0.25, 0.3) is 0 Å². The first kappa shape index (κ1) is 23.0. The summed E-state index contributed by atoms with van der Waals surface area (Å²) < 4.78 is 68.9. The van der Waals surface area contributed by atoms with Crippen molar-refractivity contribution in [3.05, 3.63) is 60.6 Å². The van der Waals surface area contributed by atoms with Crippen LogP contribution in [0.5, 0.6) is 0 Å². The molecule has 0 saturated carbocycles. The Bertz CT molecular complexity index is 1720. The fourth-order valence-electron chi connectivity index (χ4n) is 4.16. The number of sulfone groups is 1. The number of nitrogens with zero attached hydrogens (tertiary/aromatic N) is 5. The Hall–Kier alpha value is -3.73. The topological polar surface area (TPSA) is 82.7 Å². The van der Waals surface area contributed by atoms with E-state index < -0.39 is 21.7 Å². The predicted octanol–water partition coefficient (Wildman–Crippen LogP) is 5.00. The minimum Gasteiger partial charge on any atom is -0.350 e. The molecule has 0 aliphatic rings. The maximum Gasteiger partial charge on any atom is 0.433 e. The quantitative estimate of drug-likeness (QED) is 0.348. The summed E-state index contributed by atoms with van der Waals surface area (Å²) >= 11 is 0. The van der Waals surface area contributed by atoms with Gasteiger partial charge in [-0.05, 0) is 24.3 Å². The van der Waals surface area contributed by atoms with Crippen LogP contribution in [0.3, 0.4) is 0 Å². The second kappa shape index (κ2) is 7.91. The molecule has 11 heteroatoms. The van der Waals surface area contributed by atoms with E-state index in [0.717, 1.165) is 28.7 Å². The summed E-state index contributed by atoms with van der Waals surface area (Å²) in [5.74, 6) is -0.0332. The van der Waals surface area contributed by atoms with Gasteiger partial charge in [-0.1, -0.05) is 25.1 Å². The average Bonchev–Trinajstić information content (AvgIpc) is 3.35. The highest BCUT2D eigenvalue weighted by atomic mass is 32.2. The summed E-state index contributed by atoms with van der Waals surface area (Å²) in [6.07, 6.45) is -1.65. The standard InChI is InChI=1S/C24H20F3N5O2S/c1-4-35(33,34)20-10-9-16(15-13-31(2)18-8-6-5-7-14(15)18)29-22(20)23-30-17-11-21(24(25,26)27)28-12-19(17)32(23)3/h5-13H,4H2,1-3H3. The summed E-state index contributed by atoms with van der Waals surface area (Å²) in [7, 11) is -0.222.